The molecule has 2 heterocycles. The van der Waals surface area contributed by atoms with Gasteiger partial charge in [-0.05, 0) is 25.3 Å². The molecule has 16 heavy (non-hydrogen) atoms. The van der Waals surface area contributed by atoms with Crippen LogP contribution in [0.3, 0.4) is 0 Å². The lowest BCUT2D eigenvalue weighted by molar-refractivity contribution is 0.0903. The van der Waals surface area contributed by atoms with Crippen molar-refractivity contribution in [2.24, 2.45) is 0 Å². The maximum atomic E-state index is 11.7. The molecule has 0 aliphatic rings. The molecule has 1 unspecified atom stereocenters. The van der Waals surface area contributed by atoms with Crippen molar-refractivity contribution in [2.45, 2.75) is 19.9 Å². The molecule has 0 fully saturated rings. The van der Waals surface area contributed by atoms with Gasteiger partial charge in [0.1, 0.15) is 0 Å². The van der Waals surface area contributed by atoms with E-state index in [1.54, 1.807) is 24.3 Å². The number of carbonyl (C=O) groups excluding carboxylic acids is 1. The second-order valence-corrected chi connectivity index (χ2v) is 4.52. The third-order valence-corrected chi connectivity index (χ3v) is 3.22. The third-order valence-electron chi connectivity index (χ3n) is 2.17. The Labute approximate surface area is 97.3 Å². The van der Waals surface area contributed by atoms with Crippen molar-refractivity contribution in [3.63, 3.8) is 0 Å². The first-order valence-corrected chi connectivity index (χ1v) is 5.82. The van der Waals surface area contributed by atoms with E-state index in [0.29, 0.717) is 5.69 Å². The standard InChI is InChI=1S/C11H12N2O2S/c1-7-6-9(15-13-7)11(14)12-8(2)10-4-3-5-16-10/h3-6,8H,1-2H3,(H,12,14). The number of amides is 1. The highest BCUT2D eigenvalue weighted by atomic mass is 32.1. The van der Waals surface area contributed by atoms with Crippen molar-refractivity contribution in [2.75, 3.05) is 0 Å². The van der Waals surface area contributed by atoms with Crippen LogP contribution in [-0.4, -0.2) is 11.1 Å². The summed E-state index contributed by atoms with van der Waals surface area (Å²) in [5.41, 5.74) is 0.703. The largest absolute Gasteiger partial charge is 0.351 e. The highest BCUT2D eigenvalue weighted by Crippen LogP contribution is 2.18. The molecule has 1 atom stereocenters. The van der Waals surface area contributed by atoms with E-state index in [-0.39, 0.29) is 17.7 Å². The number of hydrogen-bond donors (Lipinski definition) is 1. The van der Waals surface area contributed by atoms with Crippen LogP contribution in [0.25, 0.3) is 0 Å². The predicted molar refractivity (Wildman–Crippen MR) is 61.4 cm³/mol. The summed E-state index contributed by atoms with van der Waals surface area (Å²) in [5.74, 6) is 0.0161. The second-order valence-electron chi connectivity index (χ2n) is 3.54. The molecule has 0 aliphatic heterocycles. The highest BCUT2D eigenvalue weighted by Gasteiger charge is 2.15. The summed E-state index contributed by atoms with van der Waals surface area (Å²) in [4.78, 5) is 12.8. The lowest BCUT2D eigenvalue weighted by Crippen LogP contribution is -2.25. The van der Waals surface area contributed by atoms with Crippen LogP contribution in [0.5, 0.6) is 0 Å². The molecule has 2 aromatic rings. The molecular formula is C11H12N2O2S. The Bertz CT molecular complexity index is 476. The molecule has 1 N–H and O–H groups in total. The number of carbonyl (C=O) groups is 1. The Balaban J connectivity index is 2.03. The van der Waals surface area contributed by atoms with Gasteiger partial charge in [-0.2, -0.15) is 0 Å². The van der Waals surface area contributed by atoms with Gasteiger partial charge in [0.15, 0.2) is 0 Å². The van der Waals surface area contributed by atoms with Crippen molar-refractivity contribution in [3.8, 4) is 0 Å². The second kappa shape index (κ2) is 4.49. The highest BCUT2D eigenvalue weighted by molar-refractivity contribution is 7.10. The molecule has 2 rings (SSSR count). The van der Waals surface area contributed by atoms with Crippen LogP contribution in [0.4, 0.5) is 0 Å². The van der Waals surface area contributed by atoms with Crippen molar-refractivity contribution in [3.05, 3.63) is 39.9 Å². The zero-order valence-electron chi connectivity index (χ0n) is 9.06. The Kier molecular flexibility index (Phi) is 3.05. The first-order valence-electron chi connectivity index (χ1n) is 4.94. The monoisotopic (exact) mass is 236 g/mol. The molecule has 0 aliphatic carbocycles. The van der Waals surface area contributed by atoms with Gasteiger partial charge in [0.2, 0.25) is 5.76 Å². The first kappa shape index (κ1) is 10.9. The van der Waals surface area contributed by atoms with E-state index >= 15 is 0 Å². The molecule has 1 amide bonds. The first-order chi connectivity index (χ1) is 7.66. The van der Waals surface area contributed by atoms with Gasteiger partial charge in [0.25, 0.3) is 5.91 Å². The van der Waals surface area contributed by atoms with E-state index in [2.05, 4.69) is 10.5 Å². The summed E-state index contributed by atoms with van der Waals surface area (Å²) < 4.78 is 4.89. The van der Waals surface area contributed by atoms with E-state index in [4.69, 9.17) is 4.52 Å². The van der Waals surface area contributed by atoms with Gasteiger partial charge in [-0.3, -0.25) is 4.79 Å². The molecule has 4 nitrogen and oxygen atoms in total. The number of rotatable bonds is 3. The number of nitrogens with zero attached hydrogens (tertiary/aromatic N) is 1. The van der Waals surface area contributed by atoms with Gasteiger partial charge in [0, 0.05) is 10.9 Å². The number of thiophene rings is 1. The fraction of sp³-hybridized carbons (Fsp3) is 0.273. The average Bonchev–Trinajstić information content (AvgIpc) is 2.87. The van der Waals surface area contributed by atoms with Crippen LogP contribution < -0.4 is 5.32 Å². The lowest BCUT2D eigenvalue weighted by Gasteiger charge is -2.09. The van der Waals surface area contributed by atoms with Crippen LogP contribution in [0, 0.1) is 6.92 Å². The molecule has 84 valence electrons. The fourth-order valence-corrected chi connectivity index (χ4v) is 2.08. The summed E-state index contributed by atoms with van der Waals surface area (Å²) in [6, 6.07) is 5.55. The third kappa shape index (κ3) is 2.30. The van der Waals surface area contributed by atoms with Crippen molar-refractivity contribution >= 4 is 17.2 Å². The smallest absolute Gasteiger partial charge is 0.290 e. The van der Waals surface area contributed by atoms with Gasteiger partial charge < -0.3 is 9.84 Å². The lowest BCUT2D eigenvalue weighted by atomic mass is 10.2. The molecule has 0 saturated carbocycles. The van der Waals surface area contributed by atoms with Crippen LogP contribution in [0.2, 0.25) is 0 Å². The maximum absolute atomic E-state index is 11.7. The molecule has 0 saturated heterocycles. The van der Waals surface area contributed by atoms with Crippen LogP contribution >= 0.6 is 11.3 Å². The average molecular weight is 236 g/mol. The van der Waals surface area contributed by atoms with Gasteiger partial charge in [0.05, 0.1) is 11.7 Å². The van der Waals surface area contributed by atoms with E-state index in [0.717, 1.165) is 4.88 Å². The fourth-order valence-electron chi connectivity index (χ4n) is 1.35. The molecule has 0 aromatic carbocycles. The van der Waals surface area contributed by atoms with E-state index in [9.17, 15) is 4.79 Å². The molecule has 0 bridgehead atoms. The Morgan fingerprint density at radius 1 is 1.62 bits per heavy atom. The predicted octanol–water partition coefficient (Wildman–Crippen LogP) is 2.54. The van der Waals surface area contributed by atoms with E-state index in [1.807, 2.05) is 24.4 Å². The summed E-state index contributed by atoms with van der Waals surface area (Å²) in [6.45, 7) is 3.72. The number of aryl methyl sites for hydroxylation is 1. The van der Waals surface area contributed by atoms with Gasteiger partial charge in [-0.15, -0.1) is 11.3 Å². The minimum absolute atomic E-state index is 0.0158. The zero-order chi connectivity index (χ0) is 11.5. The maximum Gasteiger partial charge on any atom is 0.290 e. The van der Waals surface area contributed by atoms with Crippen LogP contribution in [0.1, 0.15) is 34.1 Å². The van der Waals surface area contributed by atoms with Crippen LogP contribution in [0.15, 0.2) is 28.1 Å². The molecule has 0 spiro atoms. The van der Waals surface area contributed by atoms with Crippen molar-refractivity contribution in [1.29, 1.82) is 0 Å². The van der Waals surface area contributed by atoms with Gasteiger partial charge >= 0.3 is 0 Å². The topological polar surface area (TPSA) is 55.1 Å². The van der Waals surface area contributed by atoms with E-state index in [1.165, 1.54) is 0 Å². The number of nitrogens with one attached hydrogen (secondary N) is 1. The quantitative estimate of drug-likeness (QED) is 0.891. The summed E-state index contributed by atoms with van der Waals surface area (Å²) in [5, 5.41) is 8.51. The Morgan fingerprint density at radius 2 is 2.44 bits per heavy atom. The van der Waals surface area contributed by atoms with Crippen molar-refractivity contribution < 1.29 is 9.32 Å². The van der Waals surface area contributed by atoms with Crippen molar-refractivity contribution in [1.82, 2.24) is 10.5 Å². The Hall–Kier alpha value is -1.62. The molecular weight excluding hydrogens is 224 g/mol. The molecule has 5 heteroatoms. The SMILES string of the molecule is Cc1cc(C(=O)NC(C)c2cccs2)on1. The van der Waals surface area contributed by atoms with Crippen LogP contribution in [-0.2, 0) is 0 Å². The molecule has 2 aromatic heterocycles. The summed E-state index contributed by atoms with van der Waals surface area (Å²) >= 11 is 1.61. The Morgan fingerprint density at radius 3 is 3.00 bits per heavy atom. The minimum Gasteiger partial charge on any atom is -0.351 e. The number of aromatic nitrogens is 1. The van der Waals surface area contributed by atoms with E-state index < -0.39 is 0 Å². The normalized spacial score (nSPS) is 12.4. The number of hydrogen-bond acceptors (Lipinski definition) is 4. The van der Waals surface area contributed by atoms with Gasteiger partial charge in [-0.25, -0.2) is 0 Å². The zero-order valence-corrected chi connectivity index (χ0v) is 9.88. The minimum atomic E-state index is -0.235. The summed E-state index contributed by atoms with van der Waals surface area (Å²) in [6.07, 6.45) is 0. The summed E-state index contributed by atoms with van der Waals surface area (Å²) in [7, 11) is 0. The van der Waals surface area contributed by atoms with Gasteiger partial charge in [-0.1, -0.05) is 11.2 Å². The molecule has 0 radical (unpaired) electrons.